The summed E-state index contributed by atoms with van der Waals surface area (Å²) in [7, 11) is 0. The van der Waals surface area contributed by atoms with Crippen LogP contribution in [0.15, 0.2) is 12.1 Å². The van der Waals surface area contributed by atoms with Crippen LogP contribution in [0.1, 0.15) is 23.2 Å². The van der Waals surface area contributed by atoms with E-state index in [4.69, 9.17) is 34.7 Å². The lowest BCUT2D eigenvalue weighted by atomic mass is 9.98. The van der Waals surface area contributed by atoms with Crippen LogP contribution in [0.5, 0.6) is 0 Å². The number of carbonyl (C=O) groups is 1. The molecule has 0 radical (unpaired) electrons. The van der Waals surface area contributed by atoms with E-state index < -0.39 is 0 Å². The first kappa shape index (κ1) is 14.0. The van der Waals surface area contributed by atoms with Gasteiger partial charge in [0, 0.05) is 24.7 Å². The zero-order valence-electron chi connectivity index (χ0n) is 11.0. The van der Waals surface area contributed by atoms with Crippen LogP contribution >= 0.6 is 23.2 Å². The highest BCUT2D eigenvalue weighted by Gasteiger charge is 2.42. The van der Waals surface area contributed by atoms with Crippen molar-refractivity contribution in [3.05, 3.63) is 27.7 Å². The minimum Gasteiger partial charge on any atom is -0.396 e. The molecule has 1 amide bonds. The molecule has 6 heteroatoms. The number of nitrogens with two attached hydrogens (primary N) is 2. The van der Waals surface area contributed by atoms with Gasteiger partial charge >= 0.3 is 0 Å². The second-order valence-electron chi connectivity index (χ2n) is 5.73. The van der Waals surface area contributed by atoms with E-state index in [1.54, 1.807) is 12.1 Å². The zero-order chi connectivity index (χ0) is 14.4. The van der Waals surface area contributed by atoms with Crippen LogP contribution in [-0.2, 0) is 0 Å². The topological polar surface area (TPSA) is 72.4 Å². The van der Waals surface area contributed by atoms with Crippen molar-refractivity contribution in [2.45, 2.75) is 18.9 Å². The summed E-state index contributed by atoms with van der Waals surface area (Å²) in [6.45, 7) is 1.50. The Bertz CT molecular complexity index is 540. The number of amides is 1. The quantitative estimate of drug-likeness (QED) is 0.782. The highest BCUT2D eigenvalue weighted by atomic mass is 35.5. The van der Waals surface area contributed by atoms with Gasteiger partial charge in [-0.25, -0.2) is 0 Å². The molecular formula is C14H17Cl2N3O. The van der Waals surface area contributed by atoms with Crippen LogP contribution in [0.4, 0.5) is 5.69 Å². The Balaban J connectivity index is 1.81. The maximum Gasteiger partial charge on any atom is 0.253 e. The molecule has 3 unspecified atom stereocenters. The molecule has 3 atom stereocenters. The van der Waals surface area contributed by atoms with Crippen molar-refractivity contribution >= 4 is 34.8 Å². The Labute approximate surface area is 128 Å². The fourth-order valence-electron chi connectivity index (χ4n) is 3.36. The van der Waals surface area contributed by atoms with Gasteiger partial charge in [0.05, 0.1) is 15.7 Å². The summed E-state index contributed by atoms with van der Waals surface area (Å²) >= 11 is 12.0. The molecule has 1 aromatic carbocycles. The summed E-state index contributed by atoms with van der Waals surface area (Å²) in [4.78, 5) is 14.4. The number of benzene rings is 1. The van der Waals surface area contributed by atoms with E-state index in [1.807, 2.05) is 4.90 Å². The Morgan fingerprint density at radius 2 is 1.85 bits per heavy atom. The van der Waals surface area contributed by atoms with Gasteiger partial charge in [-0.15, -0.1) is 0 Å². The molecule has 4 nitrogen and oxygen atoms in total. The highest BCUT2D eigenvalue weighted by Crippen LogP contribution is 2.38. The first-order valence-corrected chi connectivity index (χ1v) is 7.52. The molecule has 20 heavy (non-hydrogen) atoms. The van der Waals surface area contributed by atoms with E-state index in [2.05, 4.69) is 0 Å². The third kappa shape index (κ3) is 2.26. The highest BCUT2D eigenvalue weighted by molar-refractivity contribution is 6.39. The third-order valence-electron chi connectivity index (χ3n) is 4.53. The fraction of sp³-hybridized carbons (Fsp3) is 0.500. The Morgan fingerprint density at radius 3 is 2.45 bits per heavy atom. The molecule has 0 bridgehead atoms. The molecule has 1 aliphatic carbocycles. The van der Waals surface area contributed by atoms with Gasteiger partial charge in [-0.2, -0.15) is 0 Å². The SMILES string of the molecule is Nc1c(Cl)cc(C(=O)N2CC3CCC(N)C3C2)cc1Cl. The van der Waals surface area contributed by atoms with Crippen molar-refractivity contribution in [2.75, 3.05) is 18.8 Å². The number of rotatable bonds is 1. The predicted molar refractivity (Wildman–Crippen MR) is 81.0 cm³/mol. The monoisotopic (exact) mass is 313 g/mol. The number of fused-ring (bicyclic) bond motifs is 1. The van der Waals surface area contributed by atoms with E-state index in [1.165, 1.54) is 0 Å². The Morgan fingerprint density at radius 1 is 1.20 bits per heavy atom. The molecule has 1 heterocycles. The van der Waals surface area contributed by atoms with Crippen molar-refractivity contribution in [3.63, 3.8) is 0 Å². The molecule has 1 aliphatic heterocycles. The smallest absolute Gasteiger partial charge is 0.253 e. The normalized spacial score (nSPS) is 28.8. The van der Waals surface area contributed by atoms with Gasteiger partial charge in [0.25, 0.3) is 5.91 Å². The van der Waals surface area contributed by atoms with Crippen LogP contribution in [0, 0.1) is 11.8 Å². The number of nitrogens with zero attached hydrogens (tertiary/aromatic N) is 1. The van der Waals surface area contributed by atoms with E-state index in [0.29, 0.717) is 33.1 Å². The zero-order valence-corrected chi connectivity index (χ0v) is 12.5. The van der Waals surface area contributed by atoms with Crippen molar-refractivity contribution in [1.82, 2.24) is 4.90 Å². The molecule has 0 spiro atoms. The molecule has 1 saturated carbocycles. The second-order valence-corrected chi connectivity index (χ2v) is 6.54. The van der Waals surface area contributed by atoms with Gasteiger partial charge in [0.2, 0.25) is 0 Å². The number of halogens is 2. The van der Waals surface area contributed by atoms with Crippen molar-refractivity contribution in [2.24, 2.45) is 17.6 Å². The number of likely N-dealkylation sites (tertiary alicyclic amines) is 1. The van der Waals surface area contributed by atoms with E-state index in [-0.39, 0.29) is 11.9 Å². The van der Waals surface area contributed by atoms with Gasteiger partial charge in [-0.1, -0.05) is 23.2 Å². The van der Waals surface area contributed by atoms with Crippen molar-refractivity contribution in [3.8, 4) is 0 Å². The summed E-state index contributed by atoms with van der Waals surface area (Å²) in [5, 5.41) is 0.633. The van der Waals surface area contributed by atoms with E-state index in [0.717, 1.165) is 25.9 Å². The number of hydrogen-bond acceptors (Lipinski definition) is 3. The average Bonchev–Trinajstić information content (AvgIpc) is 2.97. The largest absolute Gasteiger partial charge is 0.396 e. The third-order valence-corrected chi connectivity index (χ3v) is 5.15. The summed E-state index contributed by atoms with van der Waals surface area (Å²) in [5.74, 6) is 0.919. The standard InChI is InChI=1S/C14H17Cl2N3O/c15-10-3-8(4-11(16)13(10)18)14(20)19-5-7-1-2-12(17)9(7)6-19/h3-4,7,9,12H,1-2,5-6,17-18H2. The molecule has 108 valence electrons. The summed E-state index contributed by atoms with van der Waals surface area (Å²) < 4.78 is 0. The molecule has 1 aromatic rings. The lowest BCUT2D eigenvalue weighted by Crippen LogP contribution is -2.33. The molecule has 2 aliphatic rings. The maximum absolute atomic E-state index is 12.5. The minimum absolute atomic E-state index is 0.0459. The van der Waals surface area contributed by atoms with Crippen LogP contribution in [0.2, 0.25) is 10.0 Å². The van der Waals surface area contributed by atoms with E-state index in [9.17, 15) is 4.79 Å². The average molecular weight is 314 g/mol. The van der Waals surface area contributed by atoms with E-state index >= 15 is 0 Å². The van der Waals surface area contributed by atoms with Crippen LogP contribution in [0.3, 0.4) is 0 Å². The van der Waals surface area contributed by atoms with Crippen molar-refractivity contribution in [1.29, 1.82) is 0 Å². The first-order chi connectivity index (χ1) is 9.47. The van der Waals surface area contributed by atoms with Gasteiger partial charge in [0.1, 0.15) is 0 Å². The van der Waals surface area contributed by atoms with Gasteiger partial charge < -0.3 is 16.4 Å². The lowest BCUT2D eigenvalue weighted by Gasteiger charge is -2.19. The number of nitrogen functional groups attached to an aromatic ring is 1. The lowest BCUT2D eigenvalue weighted by molar-refractivity contribution is 0.0779. The number of hydrogen-bond donors (Lipinski definition) is 2. The van der Waals surface area contributed by atoms with Crippen LogP contribution < -0.4 is 11.5 Å². The number of anilines is 1. The van der Waals surface area contributed by atoms with Crippen LogP contribution in [-0.4, -0.2) is 29.9 Å². The second kappa shape index (κ2) is 5.10. The summed E-state index contributed by atoms with van der Waals surface area (Å²) in [6.07, 6.45) is 2.18. The Hall–Kier alpha value is -0.970. The van der Waals surface area contributed by atoms with Crippen molar-refractivity contribution < 1.29 is 4.79 Å². The summed E-state index contributed by atoms with van der Waals surface area (Å²) in [5.41, 5.74) is 12.6. The Kier molecular flexibility index (Phi) is 3.56. The van der Waals surface area contributed by atoms with Gasteiger partial charge in [-0.3, -0.25) is 4.79 Å². The summed E-state index contributed by atoms with van der Waals surface area (Å²) in [6, 6.07) is 3.38. The number of carbonyl (C=O) groups excluding carboxylic acids is 1. The maximum atomic E-state index is 12.5. The predicted octanol–water partition coefficient (Wildman–Crippen LogP) is 2.38. The fourth-order valence-corrected chi connectivity index (χ4v) is 3.85. The molecule has 3 rings (SSSR count). The first-order valence-electron chi connectivity index (χ1n) is 6.76. The molecule has 2 fully saturated rings. The molecular weight excluding hydrogens is 297 g/mol. The molecule has 0 aromatic heterocycles. The van der Waals surface area contributed by atoms with Crippen LogP contribution in [0.25, 0.3) is 0 Å². The van der Waals surface area contributed by atoms with Gasteiger partial charge in [0.15, 0.2) is 0 Å². The molecule has 4 N–H and O–H groups in total. The minimum atomic E-state index is -0.0459. The molecule has 1 saturated heterocycles. The van der Waals surface area contributed by atoms with Gasteiger partial charge in [-0.05, 0) is 36.8 Å².